The van der Waals surface area contributed by atoms with Crippen LogP contribution in [0.2, 0.25) is 0 Å². The van der Waals surface area contributed by atoms with Gasteiger partial charge in [-0.15, -0.1) is 10.2 Å². The number of amides is 5. The summed E-state index contributed by atoms with van der Waals surface area (Å²) in [5.41, 5.74) is 5.43. The molecule has 2 fully saturated rings. The maximum absolute atomic E-state index is 13.1. The molecule has 3 aliphatic heterocycles. The van der Waals surface area contributed by atoms with Crippen LogP contribution in [0.1, 0.15) is 82.6 Å². The van der Waals surface area contributed by atoms with Crippen molar-refractivity contribution in [1.82, 2.24) is 45.2 Å². The lowest BCUT2D eigenvalue weighted by atomic mass is 10.0. The largest absolute Gasteiger partial charge is 0.494 e. The van der Waals surface area contributed by atoms with Crippen molar-refractivity contribution in [2.75, 3.05) is 82.6 Å². The number of piperazine rings is 1. The molecule has 2 aromatic heterocycles. The molecule has 1 unspecified atom stereocenters. The Hall–Kier alpha value is -7.29. The van der Waals surface area contributed by atoms with Crippen molar-refractivity contribution in [3.63, 3.8) is 0 Å². The highest BCUT2D eigenvalue weighted by molar-refractivity contribution is 6.05. The molecular weight excluding hydrogens is 923 g/mol. The molecule has 3 aromatic carbocycles. The van der Waals surface area contributed by atoms with Gasteiger partial charge in [-0.25, -0.2) is 9.97 Å². The number of anilines is 2. The number of ether oxygens (including phenoxy) is 4. The minimum Gasteiger partial charge on any atom is -0.494 e. The fourth-order valence-corrected chi connectivity index (χ4v) is 8.78. The number of carbonyl (C=O) groups is 5. The van der Waals surface area contributed by atoms with Gasteiger partial charge in [0.1, 0.15) is 23.8 Å². The fourth-order valence-electron chi connectivity index (χ4n) is 8.78. The number of unbranched alkanes of at least 4 members (excludes halogenated alkanes) is 3. The number of carbonyl (C=O) groups excluding carboxylic acids is 5. The van der Waals surface area contributed by atoms with Gasteiger partial charge in [0, 0.05) is 88.0 Å². The van der Waals surface area contributed by atoms with E-state index in [0.29, 0.717) is 128 Å². The molecule has 3 N–H and O–H groups in total. The van der Waals surface area contributed by atoms with Crippen molar-refractivity contribution in [2.45, 2.75) is 70.6 Å². The first-order valence-corrected chi connectivity index (χ1v) is 24.7. The first kappa shape index (κ1) is 51.1. The summed E-state index contributed by atoms with van der Waals surface area (Å²) in [7, 11) is 1.88. The summed E-state index contributed by atoms with van der Waals surface area (Å²) in [6.45, 7) is 7.15. The molecule has 0 saturated carbocycles. The van der Waals surface area contributed by atoms with Crippen LogP contribution in [-0.2, 0) is 55.3 Å². The van der Waals surface area contributed by atoms with Crippen LogP contribution in [0.5, 0.6) is 5.75 Å². The maximum atomic E-state index is 13.1. The van der Waals surface area contributed by atoms with Crippen LogP contribution in [0.15, 0.2) is 85.3 Å². The lowest BCUT2D eigenvalue weighted by Gasteiger charge is -2.36. The van der Waals surface area contributed by atoms with Crippen molar-refractivity contribution in [3.8, 4) is 17.3 Å². The number of aromatic nitrogens is 5. The van der Waals surface area contributed by atoms with E-state index in [4.69, 9.17) is 18.9 Å². The predicted molar refractivity (Wildman–Crippen MR) is 266 cm³/mol. The van der Waals surface area contributed by atoms with E-state index < -0.39 is 11.9 Å². The van der Waals surface area contributed by atoms with Crippen LogP contribution < -0.4 is 25.6 Å². The quantitative estimate of drug-likeness (QED) is 0.0519. The summed E-state index contributed by atoms with van der Waals surface area (Å²) in [4.78, 5) is 76.7. The Balaban J connectivity index is 0.592. The maximum Gasteiger partial charge on any atom is 0.255 e. The first-order valence-electron chi connectivity index (χ1n) is 24.7. The molecule has 0 radical (unpaired) electrons. The average molecular weight is 986 g/mol. The van der Waals surface area contributed by atoms with E-state index in [1.54, 1.807) is 23.2 Å². The van der Waals surface area contributed by atoms with Gasteiger partial charge in [0.25, 0.3) is 11.8 Å². The molecule has 20 nitrogen and oxygen atoms in total. The standard InChI is InChI=1S/C52H63N11O9/c1-60-46(58-59-49(60)44-17-19-53-36-56-44)34-54-40-8-6-7-38(31-40)50(66)55-33-37-9-12-42(13-10-37)72-25-5-3-2-4-24-69-27-29-71-30-28-70-26-18-48(65)62-22-20-61(21-23-62)41-11-14-43-39(32-41)35-63(52(43)68)45-15-16-47(64)57-51(45)67/h6-14,17,19,31-32,36,45,54H,2-5,15-16,18,20-30,33-35H2,1H3,(H,55,66)(H,57,64,67). The molecule has 0 spiro atoms. The molecule has 72 heavy (non-hydrogen) atoms. The van der Waals surface area contributed by atoms with Gasteiger partial charge in [-0.2, -0.15) is 0 Å². The second-order valence-corrected chi connectivity index (χ2v) is 17.8. The molecule has 5 aromatic rings. The third-order valence-corrected chi connectivity index (χ3v) is 12.9. The smallest absolute Gasteiger partial charge is 0.255 e. The van der Waals surface area contributed by atoms with E-state index in [1.807, 2.05) is 77.2 Å². The van der Waals surface area contributed by atoms with Gasteiger partial charge in [0.15, 0.2) is 11.6 Å². The second-order valence-electron chi connectivity index (χ2n) is 17.8. The van der Waals surface area contributed by atoms with Gasteiger partial charge in [0.2, 0.25) is 17.7 Å². The number of imide groups is 1. The van der Waals surface area contributed by atoms with Gasteiger partial charge in [-0.1, -0.05) is 24.6 Å². The first-order chi connectivity index (χ1) is 35.2. The Morgan fingerprint density at radius 3 is 2.32 bits per heavy atom. The minimum atomic E-state index is -0.640. The Bertz CT molecular complexity index is 2620. The predicted octanol–water partition coefficient (Wildman–Crippen LogP) is 4.30. The van der Waals surface area contributed by atoms with Crippen molar-refractivity contribution >= 4 is 40.9 Å². The van der Waals surface area contributed by atoms with Crippen LogP contribution >= 0.6 is 0 Å². The highest BCUT2D eigenvalue weighted by Gasteiger charge is 2.39. The van der Waals surface area contributed by atoms with Crippen LogP contribution in [0, 0.1) is 0 Å². The molecule has 0 aliphatic carbocycles. The molecule has 5 heterocycles. The summed E-state index contributed by atoms with van der Waals surface area (Å²) < 4.78 is 24.8. The SMILES string of the molecule is Cn1c(CNc2cccc(C(=O)NCc3ccc(OCCCCCCOCCOCCOCCC(=O)N4CCN(c5ccc6c(c5)CN(C5CCC(=O)NC5=O)C6=O)CC4)cc3)c2)nnc1-c1ccncn1. The lowest BCUT2D eigenvalue weighted by Crippen LogP contribution is -2.52. The number of fused-ring (bicyclic) bond motifs is 1. The van der Waals surface area contributed by atoms with Crippen LogP contribution in [0.25, 0.3) is 11.5 Å². The van der Waals surface area contributed by atoms with Crippen molar-refractivity contribution in [2.24, 2.45) is 7.05 Å². The van der Waals surface area contributed by atoms with Gasteiger partial charge in [-0.3, -0.25) is 29.3 Å². The zero-order valence-electron chi connectivity index (χ0n) is 40.8. The van der Waals surface area contributed by atoms with Gasteiger partial charge in [0.05, 0.1) is 52.6 Å². The lowest BCUT2D eigenvalue weighted by molar-refractivity contribution is -0.137. The van der Waals surface area contributed by atoms with Crippen molar-refractivity contribution in [3.05, 3.63) is 113 Å². The molecule has 3 aliphatic rings. The highest BCUT2D eigenvalue weighted by Crippen LogP contribution is 2.31. The topological polar surface area (TPSA) is 225 Å². The zero-order valence-corrected chi connectivity index (χ0v) is 40.8. The fraction of sp³-hybridized carbons (Fsp3) is 0.442. The summed E-state index contributed by atoms with van der Waals surface area (Å²) in [5, 5.41) is 17.2. The van der Waals surface area contributed by atoms with Crippen LogP contribution in [-0.4, -0.2) is 143 Å². The zero-order chi connectivity index (χ0) is 50.1. The van der Waals surface area contributed by atoms with E-state index in [2.05, 4.69) is 41.0 Å². The van der Waals surface area contributed by atoms with E-state index in [1.165, 1.54) is 6.33 Å². The third-order valence-electron chi connectivity index (χ3n) is 12.9. The monoisotopic (exact) mass is 985 g/mol. The van der Waals surface area contributed by atoms with Crippen molar-refractivity contribution < 1.29 is 42.9 Å². The molecule has 8 rings (SSSR count). The number of hydrogen-bond acceptors (Lipinski definition) is 15. The molecule has 1 atom stereocenters. The van der Waals surface area contributed by atoms with Crippen LogP contribution in [0.4, 0.5) is 11.4 Å². The van der Waals surface area contributed by atoms with E-state index >= 15 is 0 Å². The molecule has 0 bridgehead atoms. The van der Waals surface area contributed by atoms with Crippen LogP contribution in [0.3, 0.4) is 0 Å². The Morgan fingerprint density at radius 1 is 0.792 bits per heavy atom. The van der Waals surface area contributed by atoms with E-state index in [9.17, 15) is 24.0 Å². The second kappa shape index (κ2) is 25.7. The summed E-state index contributed by atoms with van der Waals surface area (Å²) in [6.07, 6.45) is 7.99. The Morgan fingerprint density at radius 2 is 1.56 bits per heavy atom. The minimum absolute atomic E-state index is 0.0579. The summed E-state index contributed by atoms with van der Waals surface area (Å²) in [5.74, 6) is 1.14. The van der Waals surface area contributed by atoms with Gasteiger partial charge < -0.3 is 48.8 Å². The number of benzene rings is 3. The third kappa shape index (κ3) is 14.0. The number of rotatable bonds is 26. The molecule has 5 amide bonds. The molecular formula is C52H63N11O9. The Kier molecular flexibility index (Phi) is 18.2. The van der Waals surface area contributed by atoms with E-state index in [0.717, 1.165) is 59.8 Å². The highest BCUT2D eigenvalue weighted by atomic mass is 16.5. The Labute approximate surface area is 418 Å². The number of piperidine rings is 1. The average Bonchev–Trinajstić information content (AvgIpc) is 3.94. The molecule has 20 heteroatoms. The van der Waals surface area contributed by atoms with Gasteiger partial charge in [-0.05, 0) is 91.4 Å². The van der Waals surface area contributed by atoms with E-state index in [-0.39, 0.29) is 30.0 Å². The number of nitrogens with zero attached hydrogens (tertiary/aromatic N) is 8. The number of hydrogen-bond donors (Lipinski definition) is 3. The summed E-state index contributed by atoms with van der Waals surface area (Å²) >= 11 is 0. The normalized spacial score (nSPS) is 15.7. The van der Waals surface area contributed by atoms with Crippen molar-refractivity contribution in [1.29, 1.82) is 0 Å². The summed E-state index contributed by atoms with van der Waals surface area (Å²) in [6, 6.07) is 22.0. The molecule has 380 valence electrons. The molecule has 2 saturated heterocycles. The number of nitrogens with one attached hydrogen (secondary N) is 3. The van der Waals surface area contributed by atoms with Gasteiger partial charge >= 0.3 is 0 Å².